The van der Waals surface area contributed by atoms with E-state index in [1.54, 1.807) is 0 Å². The van der Waals surface area contributed by atoms with Crippen LogP contribution in [-0.2, 0) is 4.79 Å². The molecule has 1 rings (SSSR count). The summed E-state index contributed by atoms with van der Waals surface area (Å²) in [7, 11) is 1.96. The van der Waals surface area contributed by atoms with Gasteiger partial charge in [0.15, 0.2) is 0 Å². The van der Waals surface area contributed by atoms with Crippen LogP contribution in [0, 0.1) is 5.92 Å². The summed E-state index contributed by atoms with van der Waals surface area (Å²) in [6, 6.07) is 0.503. The highest BCUT2D eigenvalue weighted by Gasteiger charge is 2.23. The number of rotatable bonds is 3. The Morgan fingerprint density at radius 1 is 1.62 bits per heavy atom. The third-order valence-corrected chi connectivity index (χ3v) is 2.52. The molecule has 4 nitrogen and oxygen atoms in total. The molecule has 0 spiro atoms. The highest BCUT2D eigenvalue weighted by molar-refractivity contribution is 5.75. The molecular formula is C9H19N3O. The second-order valence-electron chi connectivity index (χ2n) is 3.99. The van der Waals surface area contributed by atoms with Gasteiger partial charge in [-0.3, -0.25) is 9.69 Å². The van der Waals surface area contributed by atoms with Crippen LogP contribution in [0.4, 0.5) is 0 Å². The van der Waals surface area contributed by atoms with E-state index in [4.69, 9.17) is 5.73 Å². The number of carbonyl (C=O) groups is 1. The molecule has 0 aromatic heterocycles. The van der Waals surface area contributed by atoms with Crippen LogP contribution in [-0.4, -0.2) is 43.5 Å². The number of amides is 1. The summed E-state index contributed by atoms with van der Waals surface area (Å²) < 4.78 is 0. The monoisotopic (exact) mass is 185 g/mol. The zero-order valence-electron chi connectivity index (χ0n) is 8.42. The van der Waals surface area contributed by atoms with E-state index in [2.05, 4.69) is 17.1 Å². The zero-order valence-corrected chi connectivity index (χ0v) is 8.42. The van der Waals surface area contributed by atoms with Crippen molar-refractivity contribution in [2.24, 2.45) is 11.7 Å². The molecule has 2 atom stereocenters. The van der Waals surface area contributed by atoms with E-state index < -0.39 is 0 Å². The number of carbonyl (C=O) groups excluding carboxylic acids is 1. The number of hydrogen-bond donors (Lipinski definition) is 2. The van der Waals surface area contributed by atoms with Crippen LogP contribution in [0.2, 0.25) is 0 Å². The van der Waals surface area contributed by atoms with Crippen molar-refractivity contribution in [1.82, 2.24) is 10.2 Å². The molecule has 0 radical (unpaired) electrons. The van der Waals surface area contributed by atoms with Gasteiger partial charge in [0, 0.05) is 19.1 Å². The first-order valence-corrected chi connectivity index (χ1v) is 4.79. The molecular weight excluding hydrogens is 166 g/mol. The summed E-state index contributed by atoms with van der Waals surface area (Å²) in [6.45, 7) is 4.52. The van der Waals surface area contributed by atoms with Crippen LogP contribution in [0.25, 0.3) is 0 Å². The molecule has 13 heavy (non-hydrogen) atoms. The maximum Gasteiger partial charge on any atom is 0.231 e. The van der Waals surface area contributed by atoms with Crippen LogP contribution in [0.1, 0.15) is 13.3 Å². The minimum Gasteiger partial charge on any atom is -0.369 e. The molecule has 0 bridgehead atoms. The molecule has 0 aromatic rings. The standard InChI is InChI=1S/C9H19N3O/c1-7-3-8(11-2)5-12(4-7)6-9(10)13/h7-8,11H,3-6H2,1-2H3,(H2,10,13). The Bertz CT molecular complexity index is 184. The average Bonchev–Trinajstić information content (AvgIpc) is 2.01. The fourth-order valence-electron chi connectivity index (χ4n) is 2.02. The fourth-order valence-corrected chi connectivity index (χ4v) is 2.02. The number of likely N-dealkylation sites (N-methyl/N-ethyl adjacent to an activating group) is 1. The topological polar surface area (TPSA) is 58.4 Å². The van der Waals surface area contributed by atoms with Gasteiger partial charge in [0.25, 0.3) is 0 Å². The van der Waals surface area contributed by atoms with Crippen molar-refractivity contribution in [3.63, 3.8) is 0 Å². The predicted molar refractivity (Wildman–Crippen MR) is 52.3 cm³/mol. The van der Waals surface area contributed by atoms with Crippen molar-refractivity contribution in [2.45, 2.75) is 19.4 Å². The molecule has 0 aliphatic carbocycles. The van der Waals surface area contributed by atoms with E-state index in [0.29, 0.717) is 18.5 Å². The van der Waals surface area contributed by atoms with Crippen LogP contribution in [0.15, 0.2) is 0 Å². The maximum atomic E-state index is 10.7. The summed E-state index contributed by atoms with van der Waals surface area (Å²) in [5.41, 5.74) is 5.15. The number of primary amides is 1. The quantitative estimate of drug-likeness (QED) is 0.617. The van der Waals surface area contributed by atoms with Gasteiger partial charge in [-0.05, 0) is 19.4 Å². The Morgan fingerprint density at radius 3 is 2.85 bits per heavy atom. The molecule has 4 heteroatoms. The lowest BCUT2D eigenvalue weighted by atomic mass is 9.96. The lowest BCUT2D eigenvalue weighted by Gasteiger charge is -2.35. The molecule has 0 aromatic carbocycles. The van der Waals surface area contributed by atoms with Crippen molar-refractivity contribution >= 4 is 5.91 Å². The van der Waals surface area contributed by atoms with Gasteiger partial charge < -0.3 is 11.1 Å². The molecule has 1 saturated heterocycles. The van der Waals surface area contributed by atoms with Gasteiger partial charge in [-0.25, -0.2) is 0 Å². The first kappa shape index (κ1) is 10.5. The zero-order chi connectivity index (χ0) is 9.84. The average molecular weight is 185 g/mol. The van der Waals surface area contributed by atoms with Gasteiger partial charge in [0.05, 0.1) is 6.54 Å². The van der Waals surface area contributed by atoms with E-state index in [0.717, 1.165) is 13.1 Å². The Morgan fingerprint density at radius 2 is 2.31 bits per heavy atom. The number of nitrogens with one attached hydrogen (secondary N) is 1. The summed E-state index contributed by atoms with van der Waals surface area (Å²) in [4.78, 5) is 12.9. The molecule has 76 valence electrons. The lowest BCUT2D eigenvalue weighted by Crippen LogP contribution is -2.49. The SMILES string of the molecule is CNC1CC(C)CN(CC(N)=O)C1. The Hall–Kier alpha value is -0.610. The van der Waals surface area contributed by atoms with Crippen LogP contribution >= 0.6 is 0 Å². The van der Waals surface area contributed by atoms with E-state index in [9.17, 15) is 4.79 Å². The van der Waals surface area contributed by atoms with Crippen molar-refractivity contribution in [3.05, 3.63) is 0 Å². The molecule has 1 aliphatic heterocycles. The van der Waals surface area contributed by atoms with Gasteiger partial charge in [-0.1, -0.05) is 6.92 Å². The lowest BCUT2D eigenvalue weighted by molar-refractivity contribution is -0.119. The molecule has 1 fully saturated rings. The van der Waals surface area contributed by atoms with E-state index in [1.807, 2.05) is 7.05 Å². The minimum absolute atomic E-state index is 0.232. The van der Waals surface area contributed by atoms with E-state index in [1.165, 1.54) is 6.42 Å². The third-order valence-electron chi connectivity index (χ3n) is 2.52. The number of likely N-dealkylation sites (tertiary alicyclic amines) is 1. The number of hydrogen-bond acceptors (Lipinski definition) is 3. The summed E-state index contributed by atoms with van der Waals surface area (Å²) >= 11 is 0. The predicted octanol–water partition coefficient (Wildman–Crippen LogP) is -0.598. The minimum atomic E-state index is -0.232. The summed E-state index contributed by atoms with van der Waals surface area (Å²) in [6.07, 6.45) is 1.19. The molecule has 3 N–H and O–H groups in total. The van der Waals surface area contributed by atoms with Crippen molar-refractivity contribution in [2.75, 3.05) is 26.7 Å². The van der Waals surface area contributed by atoms with Crippen molar-refractivity contribution < 1.29 is 4.79 Å². The number of nitrogens with two attached hydrogens (primary N) is 1. The Balaban J connectivity index is 2.42. The van der Waals surface area contributed by atoms with Gasteiger partial charge in [-0.15, -0.1) is 0 Å². The van der Waals surface area contributed by atoms with Gasteiger partial charge in [-0.2, -0.15) is 0 Å². The number of piperidine rings is 1. The second-order valence-corrected chi connectivity index (χ2v) is 3.99. The molecule has 1 aliphatic rings. The highest BCUT2D eigenvalue weighted by atomic mass is 16.1. The summed E-state index contributed by atoms with van der Waals surface area (Å²) in [5, 5.41) is 3.24. The maximum absolute atomic E-state index is 10.7. The van der Waals surface area contributed by atoms with Crippen LogP contribution in [0.5, 0.6) is 0 Å². The molecule has 2 unspecified atom stereocenters. The molecule has 1 amide bonds. The smallest absolute Gasteiger partial charge is 0.231 e. The van der Waals surface area contributed by atoms with Gasteiger partial charge in [0.1, 0.15) is 0 Å². The third kappa shape index (κ3) is 3.32. The van der Waals surface area contributed by atoms with Crippen molar-refractivity contribution in [3.8, 4) is 0 Å². The van der Waals surface area contributed by atoms with Crippen molar-refractivity contribution in [1.29, 1.82) is 0 Å². The fraction of sp³-hybridized carbons (Fsp3) is 0.889. The first-order chi connectivity index (χ1) is 6.11. The Kier molecular flexibility index (Phi) is 3.69. The van der Waals surface area contributed by atoms with E-state index in [-0.39, 0.29) is 5.91 Å². The van der Waals surface area contributed by atoms with Crippen LogP contribution in [0.3, 0.4) is 0 Å². The largest absolute Gasteiger partial charge is 0.369 e. The Labute approximate surface area is 79.5 Å². The van der Waals surface area contributed by atoms with E-state index >= 15 is 0 Å². The molecule has 1 heterocycles. The van der Waals surface area contributed by atoms with Crippen LogP contribution < -0.4 is 11.1 Å². The van der Waals surface area contributed by atoms with Gasteiger partial charge in [0.2, 0.25) is 5.91 Å². The number of nitrogens with zero attached hydrogens (tertiary/aromatic N) is 1. The molecule has 0 saturated carbocycles. The van der Waals surface area contributed by atoms with Gasteiger partial charge >= 0.3 is 0 Å². The first-order valence-electron chi connectivity index (χ1n) is 4.79. The summed E-state index contributed by atoms with van der Waals surface area (Å²) in [5.74, 6) is 0.412. The normalized spacial score (nSPS) is 30.3. The second kappa shape index (κ2) is 4.58. The highest BCUT2D eigenvalue weighted by Crippen LogP contribution is 2.15.